The Hall–Kier alpha value is -2.58. The van der Waals surface area contributed by atoms with Crippen LogP contribution in [0.1, 0.15) is 16.7 Å². The molecule has 0 heterocycles. The molecule has 0 unspecified atom stereocenters. The van der Waals surface area contributed by atoms with E-state index in [2.05, 4.69) is 30.3 Å². The van der Waals surface area contributed by atoms with Crippen molar-refractivity contribution >= 4 is 0 Å². The van der Waals surface area contributed by atoms with Gasteiger partial charge in [-0.1, -0.05) is 60.7 Å². The summed E-state index contributed by atoms with van der Waals surface area (Å²) in [5, 5.41) is 19.8. The van der Waals surface area contributed by atoms with Crippen molar-refractivity contribution in [2.45, 2.75) is 13.0 Å². The van der Waals surface area contributed by atoms with Gasteiger partial charge in [-0.3, -0.25) is 0 Å². The van der Waals surface area contributed by atoms with Crippen molar-refractivity contribution in [2.75, 3.05) is 0 Å². The van der Waals surface area contributed by atoms with Crippen LogP contribution in [-0.4, -0.2) is 10.2 Å². The van der Waals surface area contributed by atoms with Gasteiger partial charge in [0.1, 0.15) is 5.75 Å². The monoisotopic (exact) mass is 288 g/mol. The van der Waals surface area contributed by atoms with Crippen LogP contribution in [0.4, 0.5) is 0 Å². The number of aliphatic hydroxyl groups is 1. The van der Waals surface area contributed by atoms with Crippen molar-refractivity contribution < 1.29 is 10.2 Å². The van der Waals surface area contributed by atoms with E-state index in [4.69, 9.17) is 0 Å². The molecule has 0 saturated heterocycles. The van der Waals surface area contributed by atoms with Gasteiger partial charge in [-0.05, 0) is 34.2 Å². The van der Waals surface area contributed by atoms with E-state index in [0.29, 0.717) is 5.56 Å². The van der Waals surface area contributed by atoms with Gasteiger partial charge >= 0.3 is 0 Å². The summed E-state index contributed by atoms with van der Waals surface area (Å²) < 4.78 is 0. The summed E-state index contributed by atoms with van der Waals surface area (Å²) in [7, 11) is 0. The molecule has 1 aliphatic rings. The molecule has 1 aliphatic carbocycles. The second-order valence-corrected chi connectivity index (χ2v) is 5.64. The van der Waals surface area contributed by atoms with Crippen LogP contribution in [0.2, 0.25) is 0 Å². The smallest absolute Gasteiger partial charge is 0.128 e. The summed E-state index contributed by atoms with van der Waals surface area (Å²) >= 11 is 0. The van der Waals surface area contributed by atoms with Crippen LogP contribution in [0, 0.1) is 0 Å². The highest BCUT2D eigenvalue weighted by molar-refractivity contribution is 5.86. The largest absolute Gasteiger partial charge is 0.507 e. The molecule has 0 aliphatic heterocycles. The molecule has 0 saturated carbocycles. The molecule has 3 aromatic rings. The zero-order valence-corrected chi connectivity index (χ0v) is 12.1. The third kappa shape index (κ3) is 1.85. The molecule has 0 radical (unpaired) electrons. The van der Waals surface area contributed by atoms with Crippen molar-refractivity contribution in [3.63, 3.8) is 0 Å². The molecule has 108 valence electrons. The number of benzene rings is 3. The van der Waals surface area contributed by atoms with E-state index in [1.54, 1.807) is 6.07 Å². The fourth-order valence-corrected chi connectivity index (χ4v) is 3.35. The van der Waals surface area contributed by atoms with E-state index in [1.807, 2.05) is 24.3 Å². The first kappa shape index (κ1) is 13.1. The van der Waals surface area contributed by atoms with E-state index < -0.39 is 0 Å². The van der Waals surface area contributed by atoms with E-state index in [9.17, 15) is 10.2 Å². The summed E-state index contributed by atoms with van der Waals surface area (Å²) in [6, 6.07) is 20.2. The lowest BCUT2D eigenvalue weighted by molar-refractivity contribution is 0.275. The number of rotatable bonds is 2. The molecule has 0 amide bonds. The molecular weight excluding hydrogens is 272 g/mol. The second-order valence-electron chi connectivity index (χ2n) is 5.64. The summed E-state index contributed by atoms with van der Waals surface area (Å²) in [6.07, 6.45) is 0.879. The third-order valence-corrected chi connectivity index (χ3v) is 4.43. The molecule has 2 heteroatoms. The first-order chi connectivity index (χ1) is 10.8. The average molecular weight is 288 g/mol. The molecule has 0 spiro atoms. The second kappa shape index (κ2) is 5.00. The van der Waals surface area contributed by atoms with E-state index in [0.717, 1.165) is 17.5 Å². The van der Waals surface area contributed by atoms with Crippen LogP contribution in [0.5, 0.6) is 5.75 Å². The highest BCUT2D eigenvalue weighted by Gasteiger charge is 2.22. The minimum Gasteiger partial charge on any atom is -0.507 e. The minimum absolute atomic E-state index is 0.158. The normalized spacial score (nSPS) is 12.0. The molecule has 2 N–H and O–H groups in total. The highest BCUT2D eigenvalue weighted by Crippen LogP contribution is 2.43. The first-order valence-corrected chi connectivity index (χ1v) is 7.42. The Kier molecular flexibility index (Phi) is 2.98. The van der Waals surface area contributed by atoms with Crippen molar-refractivity contribution in [1.29, 1.82) is 0 Å². The maximum atomic E-state index is 10.4. The van der Waals surface area contributed by atoms with Crippen LogP contribution >= 0.6 is 0 Å². The van der Waals surface area contributed by atoms with Crippen molar-refractivity contribution in [1.82, 2.24) is 0 Å². The first-order valence-electron chi connectivity index (χ1n) is 7.42. The summed E-state index contributed by atoms with van der Waals surface area (Å²) in [5.41, 5.74) is 7.47. The fraction of sp³-hybridized carbons (Fsp3) is 0.100. The van der Waals surface area contributed by atoms with E-state index in [-0.39, 0.29) is 12.4 Å². The Bertz CT molecular complexity index is 865. The Labute approximate surface area is 129 Å². The Balaban J connectivity index is 1.94. The number of fused-ring (bicyclic) bond motifs is 3. The number of phenols is 1. The van der Waals surface area contributed by atoms with Gasteiger partial charge in [0.25, 0.3) is 0 Å². The van der Waals surface area contributed by atoms with Gasteiger partial charge in [0.2, 0.25) is 0 Å². The Morgan fingerprint density at radius 1 is 0.727 bits per heavy atom. The third-order valence-electron chi connectivity index (χ3n) is 4.43. The van der Waals surface area contributed by atoms with Crippen LogP contribution in [0.25, 0.3) is 22.3 Å². The van der Waals surface area contributed by atoms with Gasteiger partial charge < -0.3 is 10.2 Å². The van der Waals surface area contributed by atoms with Gasteiger partial charge in [-0.2, -0.15) is 0 Å². The highest BCUT2D eigenvalue weighted by atomic mass is 16.3. The predicted octanol–water partition coefficient (Wildman–Crippen LogP) is 4.12. The zero-order chi connectivity index (χ0) is 15.1. The fourth-order valence-electron chi connectivity index (χ4n) is 3.35. The molecule has 4 rings (SSSR count). The molecule has 0 atom stereocenters. The number of aromatic hydroxyl groups is 1. The number of aliphatic hydroxyl groups excluding tert-OH is 1. The van der Waals surface area contributed by atoms with Gasteiger partial charge in [0, 0.05) is 11.1 Å². The number of hydrogen-bond donors (Lipinski definition) is 2. The zero-order valence-electron chi connectivity index (χ0n) is 12.1. The van der Waals surface area contributed by atoms with Gasteiger partial charge in [-0.15, -0.1) is 0 Å². The Morgan fingerprint density at radius 3 is 2.18 bits per heavy atom. The van der Waals surface area contributed by atoms with Gasteiger partial charge in [0.15, 0.2) is 0 Å². The molecule has 0 bridgehead atoms. The lowest BCUT2D eigenvalue weighted by atomic mass is 9.94. The van der Waals surface area contributed by atoms with Crippen molar-refractivity contribution in [2.24, 2.45) is 0 Å². The lowest BCUT2D eigenvalue weighted by Crippen LogP contribution is -1.91. The molecule has 3 aromatic carbocycles. The van der Waals surface area contributed by atoms with E-state index >= 15 is 0 Å². The van der Waals surface area contributed by atoms with Crippen molar-refractivity contribution in [3.8, 4) is 28.0 Å². The van der Waals surface area contributed by atoms with Gasteiger partial charge in [0.05, 0.1) is 6.61 Å². The lowest BCUT2D eigenvalue weighted by Gasteiger charge is -2.12. The standard InChI is InChI=1S/C20H16O2/c21-12-14-6-3-10-18(20(14)22)17-9-4-8-16-15-7-2-1-5-13(15)11-19(16)17/h1-10,21-22H,11-12H2. The quantitative estimate of drug-likeness (QED) is 0.582. The van der Waals surface area contributed by atoms with E-state index in [1.165, 1.54) is 22.3 Å². The predicted molar refractivity (Wildman–Crippen MR) is 87.7 cm³/mol. The molecule has 22 heavy (non-hydrogen) atoms. The minimum atomic E-state index is -0.158. The molecule has 2 nitrogen and oxygen atoms in total. The maximum absolute atomic E-state index is 10.4. The number of hydrogen-bond acceptors (Lipinski definition) is 2. The van der Waals surface area contributed by atoms with Crippen LogP contribution < -0.4 is 0 Å². The van der Waals surface area contributed by atoms with Gasteiger partial charge in [-0.25, -0.2) is 0 Å². The topological polar surface area (TPSA) is 40.5 Å². The Morgan fingerprint density at radius 2 is 1.36 bits per heavy atom. The summed E-state index contributed by atoms with van der Waals surface area (Å²) in [5.74, 6) is 0.175. The maximum Gasteiger partial charge on any atom is 0.128 e. The van der Waals surface area contributed by atoms with Crippen LogP contribution in [-0.2, 0) is 13.0 Å². The van der Waals surface area contributed by atoms with Crippen molar-refractivity contribution in [3.05, 3.63) is 77.4 Å². The molecular formula is C20H16O2. The summed E-state index contributed by atoms with van der Waals surface area (Å²) in [4.78, 5) is 0. The van der Waals surface area contributed by atoms with Crippen LogP contribution in [0.15, 0.2) is 60.7 Å². The van der Waals surface area contributed by atoms with Crippen LogP contribution in [0.3, 0.4) is 0 Å². The summed E-state index contributed by atoms with van der Waals surface area (Å²) in [6.45, 7) is -0.158. The number of para-hydroxylation sites is 1. The molecule has 0 fully saturated rings. The molecule has 0 aromatic heterocycles. The SMILES string of the molecule is OCc1cccc(-c2cccc3c2Cc2ccccc2-3)c1O. The average Bonchev–Trinajstić information content (AvgIpc) is 2.94.